The molecule has 0 unspecified atom stereocenters. The third-order valence-electron chi connectivity index (χ3n) is 3.65. The lowest BCUT2D eigenvalue weighted by molar-refractivity contribution is -0.128. The minimum atomic E-state index is -0.372. The predicted octanol–water partition coefficient (Wildman–Crippen LogP) is 2.29. The van der Waals surface area contributed by atoms with Gasteiger partial charge in [-0.1, -0.05) is 23.9 Å². The molecule has 0 saturated carbocycles. The highest BCUT2D eigenvalue weighted by Crippen LogP contribution is 2.24. The first-order valence-corrected chi connectivity index (χ1v) is 8.72. The molecule has 0 fully saturated rings. The zero-order valence-electron chi connectivity index (χ0n) is 14.5. The highest BCUT2D eigenvalue weighted by molar-refractivity contribution is 7.99. The van der Waals surface area contributed by atoms with E-state index in [2.05, 4.69) is 10.2 Å². The number of thioether (sulfide) groups is 1. The van der Waals surface area contributed by atoms with E-state index in [4.69, 9.17) is 5.73 Å². The number of halogens is 2. The van der Waals surface area contributed by atoms with Crippen molar-refractivity contribution in [3.63, 3.8) is 0 Å². The van der Waals surface area contributed by atoms with Gasteiger partial charge in [0.1, 0.15) is 11.6 Å². The SMILES string of the molecule is CC(C)N(C)C(=O)CSc1nnc(CCN)n1-c1ccccc1F.Cl. The Labute approximate surface area is 157 Å². The van der Waals surface area contributed by atoms with Crippen LogP contribution in [0, 0.1) is 5.82 Å². The fourth-order valence-electron chi connectivity index (χ4n) is 2.08. The standard InChI is InChI=1S/C16H22FN5OS.ClH/c1-11(2)21(3)15(23)10-24-16-20-19-14(8-9-18)22(16)13-7-5-4-6-12(13)17;/h4-7,11H,8-10,18H2,1-3H3;1H. The molecule has 0 aliphatic rings. The maximum absolute atomic E-state index is 14.2. The second-order valence-electron chi connectivity index (χ2n) is 5.61. The van der Waals surface area contributed by atoms with Crippen LogP contribution < -0.4 is 5.73 Å². The summed E-state index contributed by atoms with van der Waals surface area (Å²) in [6.45, 7) is 4.28. The molecule has 1 aromatic heterocycles. The van der Waals surface area contributed by atoms with Crippen molar-refractivity contribution in [2.45, 2.75) is 31.5 Å². The average molecular weight is 388 g/mol. The Balaban J connectivity index is 0.00000312. The molecule has 0 aliphatic carbocycles. The third-order valence-corrected chi connectivity index (χ3v) is 4.57. The van der Waals surface area contributed by atoms with Crippen LogP contribution in [0.2, 0.25) is 0 Å². The van der Waals surface area contributed by atoms with Gasteiger partial charge in [-0.05, 0) is 32.5 Å². The summed E-state index contributed by atoms with van der Waals surface area (Å²) in [6, 6.07) is 6.53. The minimum absolute atomic E-state index is 0. The first-order chi connectivity index (χ1) is 11.5. The molecule has 0 radical (unpaired) electrons. The van der Waals surface area contributed by atoms with Crippen molar-refractivity contribution in [1.29, 1.82) is 0 Å². The summed E-state index contributed by atoms with van der Waals surface area (Å²) in [7, 11) is 1.76. The number of hydrogen-bond donors (Lipinski definition) is 1. The van der Waals surface area contributed by atoms with Gasteiger partial charge in [0.05, 0.1) is 11.4 Å². The van der Waals surface area contributed by atoms with Crippen LogP contribution in [0.25, 0.3) is 5.69 Å². The van der Waals surface area contributed by atoms with E-state index in [0.29, 0.717) is 29.6 Å². The van der Waals surface area contributed by atoms with Crippen molar-refractivity contribution in [3.05, 3.63) is 35.9 Å². The summed E-state index contributed by atoms with van der Waals surface area (Å²) >= 11 is 1.24. The number of nitrogens with zero attached hydrogens (tertiary/aromatic N) is 4. The fourth-order valence-corrected chi connectivity index (χ4v) is 2.96. The number of benzene rings is 1. The van der Waals surface area contributed by atoms with Crippen molar-refractivity contribution >= 4 is 30.1 Å². The van der Waals surface area contributed by atoms with Crippen molar-refractivity contribution in [3.8, 4) is 5.69 Å². The molecule has 0 saturated heterocycles. The fraction of sp³-hybridized carbons (Fsp3) is 0.438. The van der Waals surface area contributed by atoms with E-state index in [1.807, 2.05) is 13.8 Å². The van der Waals surface area contributed by atoms with Crippen LogP contribution in [0.1, 0.15) is 19.7 Å². The summed E-state index contributed by atoms with van der Waals surface area (Å²) in [4.78, 5) is 13.8. The second kappa shape index (κ2) is 9.74. The molecule has 2 rings (SSSR count). The van der Waals surface area contributed by atoms with Crippen LogP contribution in [-0.2, 0) is 11.2 Å². The molecule has 0 atom stereocenters. The lowest BCUT2D eigenvalue weighted by atomic mass is 10.3. The normalized spacial score (nSPS) is 10.6. The monoisotopic (exact) mass is 387 g/mol. The number of para-hydroxylation sites is 1. The van der Waals surface area contributed by atoms with Crippen LogP contribution in [0.15, 0.2) is 29.4 Å². The Morgan fingerprint density at radius 3 is 2.64 bits per heavy atom. The van der Waals surface area contributed by atoms with Gasteiger partial charge in [-0.15, -0.1) is 22.6 Å². The molecule has 0 bridgehead atoms. The van der Waals surface area contributed by atoms with E-state index < -0.39 is 0 Å². The molecule has 1 heterocycles. The number of aromatic nitrogens is 3. The highest BCUT2D eigenvalue weighted by atomic mass is 35.5. The summed E-state index contributed by atoms with van der Waals surface area (Å²) in [5.41, 5.74) is 5.97. The molecule has 0 aliphatic heterocycles. The lowest BCUT2D eigenvalue weighted by Crippen LogP contribution is -2.34. The molecule has 9 heteroatoms. The quantitative estimate of drug-likeness (QED) is 0.737. The molecule has 6 nitrogen and oxygen atoms in total. The van der Waals surface area contributed by atoms with E-state index >= 15 is 0 Å². The molecule has 1 amide bonds. The van der Waals surface area contributed by atoms with Crippen LogP contribution in [0.5, 0.6) is 0 Å². The summed E-state index contributed by atoms with van der Waals surface area (Å²) in [6.07, 6.45) is 0.474. The first kappa shape index (κ1) is 21.4. The molecule has 138 valence electrons. The molecule has 0 spiro atoms. The highest BCUT2D eigenvalue weighted by Gasteiger charge is 2.19. The molecular formula is C16H23ClFN5OS. The number of amides is 1. The van der Waals surface area contributed by atoms with Gasteiger partial charge in [0, 0.05) is 19.5 Å². The Bertz CT molecular complexity index is 710. The Morgan fingerprint density at radius 1 is 1.36 bits per heavy atom. The van der Waals surface area contributed by atoms with E-state index in [-0.39, 0.29) is 35.9 Å². The predicted molar refractivity (Wildman–Crippen MR) is 100.0 cm³/mol. The van der Waals surface area contributed by atoms with Gasteiger partial charge >= 0.3 is 0 Å². The van der Waals surface area contributed by atoms with Crippen LogP contribution >= 0.6 is 24.2 Å². The summed E-state index contributed by atoms with van der Waals surface area (Å²) < 4.78 is 15.8. The van der Waals surface area contributed by atoms with Crippen LogP contribution in [-0.4, -0.2) is 51.0 Å². The largest absolute Gasteiger partial charge is 0.343 e. The third kappa shape index (κ3) is 5.17. The maximum atomic E-state index is 14.2. The van der Waals surface area contributed by atoms with Gasteiger partial charge < -0.3 is 10.6 Å². The van der Waals surface area contributed by atoms with Gasteiger partial charge in [0.15, 0.2) is 5.16 Å². The smallest absolute Gasteiger partial charge is 0.233 e. The zero-order chi connectivity index (χ0) is 17.7. The van der Waals surface area contributed by atoms with Crippen molar-refractivity contribution < 1.29 is 9.18 Å². The lowest BCUT2D eigenvalue weighted by Gasteiger charge is -2.21. The van der Waals surface area contributed by atoms with Crippen molar-refractivity contribution in [2.75, 3.05) is 19.3 Å². The van der Waals surface area contributed by atoms with E-state index in [1.54, 1.807) is 34.7 Å². The first-order valence-electron chi connectivity index (χ1n) is 7.73. The van der Waals surface area contributed by atoms with E-state index in [9.17, 15) is 9.18 Å². The number of carbonyl (C=O) groups excluding carboxylic acids is 1. The van der Waals surface area contributed by atoms with Gasteiger partial charge in [-0.2, -0.15) is 0 Å². The van der Waals surface area contributed by atoms with Crippen molar-refractivity contribution in [2.24, 2.45) is 5.73 Å². The summed E-state index contributed by atoms with van der Waals surface area (Å²) in [5.74, 6) is 0.403. The minimum Gasteiger partial charge on any atom is -0.343 e. The number of rotatable bonds is 7. The van der Waals surface area contributed by atoms with E-state index in [0.717, 1.165) is 0 Å². The molecule has 2 N–H and O–H groups in total. The van der Waals surface area contributed by atoms with Gasteiger partial charge in [-0.3, -0.25) is 9.36 Å². The average Bonchev–Trinajstić information content (AvgIpc) is 2.95. The molecule has 2 aromatic rings. The molecule has 25 heavy (non-hydrogen) atoms. The number of carbonyl (C=O) groups is 1. The number of nitrogens with two attached hydrogens (primary N) is 1. The molecule has 1 aromatic carbocycles. The van der Waals surface area contributed by atoms with Crippen molar-refractivity contribution in [1.82, 2.24) is 19.7 Å². The van der Waals surface area contributed by atoms with Crippen LogP contribution in [0.4, 0.5) is 4.39 Å². The summed E-state index contributed by atoms with van der Waals surface area (Å²) in [5, 5.41) is 8.69. The number of hydrogen-bond acceptors (Lipinski definition) is 5. The Morgan fingerprint density at radius 2 is 2.04 bits per heavy atom. The zero-order valence-corrected chi connectivity index (χ0v) is 16.1. The molecular weight excluding hydrogens is 365 g/mol. The van der Waals surface area contributed by atoms with E-state index in [1.165, 1.54) is 17.8 Å². The van der Waals surface area contributed by atoms with Gasteiger partial charge in [0.2, 0.25) is 5.91 Å². The topological polar surface area (TPSA) is 77.0 Å². The van der Waals surface area contributed by atoms with Gasteiger partial charge in [0.25, 0.3) is 0 Å². The maximum Gasteiger partial charge on any atom is 0.233 e. The Hall–Kier alpha value is -1.64. The Kier molecular flexibility index (Phi) is 8.34. The van der Waals surface area contributed by atoms with Crippen LogP contribution in [0.3, 0.4) is 0 Å². The van der Waals surface area contributed by atoms with Gasteiger partial charge in [-0.25, -0.2) is 4.39 Å². The second-order valence-corrected chi connectivity index (χ2v) is 6.55.